The van der Waals surface area contributed by atoms with Crippen LogP contribution in [0.3, 0.4) is 0 Å². The van der Waals surface area contributed by atoms with Crippen molar-refractivity contribution in [2.24, 2.45) is 0 Å². The Bertz CT molecular complexity index is 955. The number of nitrogens with zero attached hydrogens (tertiary/aromatic N) is 1. The van der Waals surface area contributed by atoms with Gasteiger partial charge in [0.05, 0.1) is 56.1 Å². The number of nitrogens with one attached hydrogen (secondary N) is 2. The number of rotatable bonds is 7. The molecule has 1 atom stereocenters. The van der Waals surface area contributed by atoms with Gasteiger partial charge in [0.15, 0.2) is 0 Å². The minimum atomic E-state index is -0.635. The molecule has 1 aliphatic rings. The fraction of sp³-hybridized carbons (Fsp3) is 0.263. The SMILES string of the molecule is COc1ccc(N2C(=O)CC(NCCNc3c(Cl)c(Cl)c(Cl)c(Cl)c3Cl)C2=O)cc1. The summed E-state index contributed by atoms with van der Waals surface area (Å²) in [6.45, 7) is 0.693. The fourth-order valence-electron chi connectivity index (χ4n) is 2.99. The minimum Gasteiger partial charge on any atom is -0.497 e. The molecular weight excluding hydrogens is 495 g/mol. The highest BCUT2D eigenvalue weighted by Crippen LogP contribution is 2.46. The molecule has 0 saturated carbocycles. The molecule has 1 saturated heterocycles. The molecule has 1 aliphatic heterocycles. The number of hydrogen-bond donors (Lipinski definition) is 2. The summed E-state index contributed by atoms with van der Waals surface area (Å²) in [5, 5.41) is 6.63. The van der Waals surface area contributed by atoms with Crippen LogP contribution in [0.5, 0.6) is 5.75 Å². The number of hydrogen-bond acceptors (Lipinski definition) is 5. The minimum absolute atomic E-state index is 0.0605. The number of carbonyl (C=O) groups is 2. The van der Waals surface area contributed by atoms with Crippen LogP contribution >= 0.6 is 58.0 Å². The topological polar surface area (TPSA) is 70.7 Å². The van der Waals surface area contributed by atoms with Crippen LogP contribution in [0.4, 0.5) is 11.4 Å². The average molecular weight is 512 g/mol. The zero-order chi connectivity index (χ0) is 22.0. The zero-order valence-corrected chi connectivity index (χ0v) is 19.3. The predicted octanol–water partition coefficient (Wildman–Crippen LogP) is 5.30. The second-order valence-electron chi connectivity index (χ2n) is 6.35. The molecule has 1 fully saturated rings. The van der Waals surface area contributed by atoms with Crippen molar-refractivity contribution < 1.29 is 14.3 Å². The van der Waals surface area contributed by atoms with Gasteiger partial charge in [-0.3, -0.25) is 9.59 Å². The molecule has 0 radical (unpaired) electrons. The van der Waals surface area contributed by atoms with Crippen LogP contribution in [-0.2, 0) is 9.59 Å². The van der Waals surface area contributed by atoms with Gasteiger partial charge in [-0.2, -0.15) is 0 Å². The number of ether oxygens (including phenoxy) is 1. The van der Waals surface area contributed by atoms with Crippen molar-refractivity contribution in [1.29, 1.82) is 0 Å². The standard InChI is InChI=1S/C19H16Cl5N3O3/c1-30-10-4-2-9(3-5-10)27-12(28)8-11(19(27)29)25-6-7-26-18-16(23)14(21)13(20)15(22)17(18)24/h2-5,11,25-26H,6-8H2,1H3. The van der Waals surface area contributed by atoms with Gasteiger partial charge in [0.25, 0.3) is 5.91 Å². The lowest BCUT2D eigenvalue weighted by atomic mass is 10.2. The predicted molar refractivity (Wildman–Crippen MR) is 122 cm³/mol. The lowest BCUT2D eigenvalue weighted by Crippen LogP contribution is -2.40. The smallest absolute Gasteiger partial charge is 0.251 e. The Kier molecular flexibility index (Phi) is 7.61. The molecule has 1 heterocycles. The highest BCUT2D eigenvalue weighted by Gasteiger charge is 2.39. The van der Waals surface area contributed by atoms with E-state index in [0.717, 1.165) is 4.90 Å². The number of halogens is 5. The highest BCUT2D eigenvalue weighted by atomic mass is 35.5. The first-order valence-electron chi connectivity index (χ1n) is 8.75. The van der Waals surface area contributed by atoms with Gasteiger partial charge in [0.1, 0.15) is 5.75 Å². The summed E-state index contributed by atoms with van der Waals surface area (Å²) in [6, 6.07) is 6.07. The Morgan fingerprint density at radius 3 is 2.07 bits per heavy atom. The van der Waals surface area contributed by atoms with Gasteiger partial charge in [-0.05, 0) is 24.3 Å². The molecule has 2 amide bonds. The van der Waals surface area contributed by atoms with Crippen molar-refractivity contribution >= 4 is 81.2 Å². The summed E-state index contributed by atoms with van der Waals surface area (Å²) < 4.78 is 5.10. The van der Waals surface area contributed by atoms with Gasteiger partial charge in [0.2, 0.25) is 5.91 Å². The van der Waals surface area contributed by atoms with Crippen molar-refractivity contribution in [1.82, 2.24) is 5.32 Å². The van der Waals surface area contributed by atoms with E-state index >= 15 is 0 Å². The summed E-state index contributed by atoms with van der Waals surface area (Å²) in [4.78, 5) is 26.2. The first-order valence-corrected chi connectivity index (χ1v) is 10.6. The van der Waals surface area contributed by atoms with E-state index in [0.29, 0.717) is 30.2 Å². The van der Waals surface area contributed by atoms with Crippen LogP contribution in [0.1, 0.15) is 6.42 Å². The Labute approximate surface area is 198 Å². The molecule has 3 rings (SSSR count). The zero-order valence-electron chi connectivity index (χ0n) is 15.6. The van der Waals surface area contributed by atoms with Crippen molar-refractivity contribution in [3.63, 3.8) is 0 Å². The third-order valence-corrected chi connectivity index (χ3v) is 6.78. The first kappa shape index (κ1) is 23.3. The Balaban J connectivity index is 1.60. The third kappa shape index (κ3) is 4.59. The monoisotopic (exact) mass is 509 g/mol. The molecule has 0 bridgehead atoms. The third-order valence-electron chi connectivity index (χ3n) is 4.50. The van der Waals surface area contributed by atoms with E-state index in [9.17, 15) is 9.59 Å². The van der Waals surface area contributed by atoms with Crippen molar-refractivity contribution in [3.8, 4) is 5.75 Å². The maximum atomic E-state index is 12.7. The Hall–Kier alpha value is -1.41. The largest absolute Gasteiger partial charge is 0.497 e. The highest BCUT2D eigenvalue weighted by molar-refractivity contribution is 6.56. The maximum absolute atomic E-state index is 12.7. The van der Waals surface area contributed by atoms with Gasteiger partial charge < -0.3 is 15.4 Å². The quantitative estimate of drug-likeness (QED) is 0.229. The van der Waals surface area contributed by atoms with E-state index in [2.05, 4.69) is 10.6 Å². The number of imide groups is 1. The number of benzene rings is 2. The summed E-state index contributed by atoms with van der Waals surface area (Å²) in [7, 11) is 1.54. The van der Waals surface area contributed by atoms with E-state index in [4.69, 9.17) is 62.7 Å². The first-order chi connectivity index (χ1) is 14.3. The van der Waals surface area contributed by atoms with Crippen LogP contribution in [0.25, 0.3) is 0 Å². The molecule has 11 heteroatoms. The van der Waals surface area contributed by atoms with Crippen LogP contribution in [-0.4, -0.2) is 38.1 Å². The van der Waals surface area contributed by atoms with E-state index in [-0.39, 0.29) is 43.3 Å². The van der Waals surface area contributed by atoms with Gasteiger partial charge in [-0.1, -0.05) is 58.0 Å². The Morgan fingerprint density at radius 1 is 0.933 bits per heavy atom. The molecule has 0 aliphatic carbocycles. The second-order valence-corrected chi connectivity index (χ2v) is 8.24. The van der Waals surface area contributed by atoms with E-state index in [1.165, 1.54) is 0 Å². The molecular formula is C19H16Cl5N3O3. The summed E-state index contributed by atoms with van der Waals surface area (Å²) in [6.07, 6.45) is 0.0605. The fourth-order valence-corrected chi connectivity index (χ4v) is 4.26. The molecule has 2 aromatic rings. The molecule has 2 aromatic carbocycles. The van der Waals surface area contributed by atoms with Crippen LogP contribution in [0.15, 0.2) is 24.3 Å². The second kappa shape index (κ2) is 9.81. The van der Waals surface area contributed by atoms with Gasteiger partial charge in [-0.25, -0.2) is 4.90 Å². The normalized spacial score (nSPS) is 16.3. The molecule has 6 nitrogen and oxygen atoms in total. The number of amides is 2. The Morgan fingerprint density at radius 2 is 1.50 bits per heavy atom. The molecule has 0 spiro atoms. The van der Waals surface area contributed by atoms with Crippen LogP contribution in [0, 0.1) is 0 Å². The van der Waals surface area contributed by atoms with Crippen LogP contribution in [0.2, 0.25) is 25.1 Å². The van der Waals surface area contributed by atoms with Gasteiger partial charge in [-0.15, -0.1) is 0 Å². The van der Waals surface area contributed by atoms with Crippen molar-refractivity contribution in [2.45, 2.75) is 12.5 Å². The summed E-state index contributed by atoms with van der Waals surface area (Å²) >= 11 is 30.4. The molecule has 0 aromatic heterocycles. The van der Waals surface area contributed by atoms with Gasteiger partial charge >= 0.3 is 0 Å². The van der Waals surface area contributed by atoms with Gasteiger partial charge in [0, 0.05) is 13.1 Å². The average Bonchev–Trinajstić information content (AvgIpc) is 3.03. The molecule has 1 unspecified atom stereocenters. The van der Waals surface area contributed by atoms with Crippen LogP contribution < -0.4 is 20.3 Å². The molecule has 2 N–H and O–H groups in total. The van der Waals surface area contributed by atoms with E-state index < -0.39 is 6.04 Å². The van der Waals surface area contributed by atoms with Crippen molar-refractivity contribution in [2.75, 3.05) is 30.4 Å². The van der Waals surface area contributed by atoms with Crippen molar-refractivity contribution in [3.05, 3.63) is 49.4 Å². The van der Waals surface area contributed by atoms with E-state index in [1.807, 2.05) is 0 Å². The molecule has 160 valence electrons. The lowest BCUT2D eigenvalue weighted by Gasteiger charge is -2.17. The maximum Gasteiger partial charge on any atom is 0.251 e. The summed E-state index contributed by atoms with van der Waals surface area (Å²) in [5.41, 5.74) is 0.838. The summed E-state index contributed by atoms with van der Waals surface area (Å²) in [5.74, 6) is 0.0371. The number of carbonyl (C=O) groups excluding carboxylic acids is 2. The number of methoxy groups -OCH3 is 1. The van der Waals surface area contributed by atoms with E-state index in [1.54, 1.807) is 31.4 Å². The number of anilines is 2. The lowest BCUT2D eigenvalue weighted by molar-refractivity contribution is -0.121. The molecule has 30 heavy (non-hydrogen) atoms.